The summed E-state index contributed by atoms with van der Waals surface area (Å²) in [6.07, 6.45) is 1.51. The highest BCUT2D eigenvalue weighted by atomic mass is 16.2. The lowest BCUT2D eigenvalue weighted by Gasteiger charge is -2.01. The van der Waals surface area contributed by atoms with E-state index in [1.54, 1.807) is 0 Å². The van der Waals surface area contributed by atoms with Crippen LogP contribution in [0.25, 0.3) is 0 Å². The highest BCUT2D eigenvalue weighted by Gasteiger charge is 1.97. The zero-order valence-electron chi connectivity index (χ0n) is 4.63. The number of carbonyl (C=O) groups excluding carboxylic acids is 2. The van der Waals surface area contributed by atoms with Crippen LogP contribution >= 0.6 is 0 Å². The van der Waals surface area contributed by atoms with Crippen molar-refractivity contribution in [3.63, 3.8) is 0 Å². The van der Waals surface area contributed by atoms with Gasteiger partial charge in [-0.25, -0.2) is 0 Å². The molecule has 8 heavy (non-hydrogen) atoms. The molecule has 0 radical (unpaired) electrons. The van der Waals surface area contributed by atoms with Crippen molar-refractivity contribution in [1.82, 2.24) is 4.90 Å². The van der Waals surface area contributed by atoms with E-state index in [0.717, 1.165) is 11.0 Å². The monoisotopic (exact) mass is 113 g/mol. The van der Waals surface area contributed by atoms with Crippen LogP contribution < -0.4 is 0 Å². The predicted octanol–water partition coefficient (Wildman–Crippen LogP) is -0.213. The van der Waals surface area contributed by atoms with E-state index in [4.69, 9.17) is 0 Å². The summed E-state index contributed by atoms with van der Waals surface area (Å²) in [7, 11) is 1.37. The average Bonchev–Trinajstić information content (AvgIpc) is 1.84. The molecule has 0 unspecified atom stereocenters. The van der Waals surface area contributed by atoms with Crippen molar-refractivity contribution < 1.29 is 9.59 Å². The van der Waals surface area contributed by atoms with E-state index in [2.05, 4.69) is 6.58 Å². The highest BCUT2D eigenvalue weighted by Crippen LogP contribution is 1.76. The van der Waals surface area contributed by atoms with Crippen LogP contribution in [0.4, 0.5) is 0 Å². The minimum absolute atomic E-state index is 0.389. The van der Waals surface area contributed by atoms with E-state index in [1.165, 1.54) is 7.05 Å². The highest BCUT2D eigenvalue weighted by molar-refractivity contribution is 5.93. The van der Waals surface area contributed by atoms with Crippen LogP contribution in [0.2, 0.25) is 0 Å². The maximum atomic E-state index is 10.3. The standard InChI is InChI=1S/C5H7NO2/c1-3-5(8)6(2)4-7/h3-4H,1H2,2H3. The van der Waals surface area contributed by atoms with Gasteiger partial charge in [0.25, 0.3) is 5.91 Å². The molecule has 0 saturated heterocycles. The lowest BCUT2D eigenvalue weighted by Crippen LogP contribution is -2.22. The third-order valence-electron chi connectivity index (χ3n) is 0.680. The van der Waals surface area contributed by atoms with Gasteiger partial charge in [-0.3, -0.25) is 14.5 Å². The molecule has 0 N–H and O–H groups in total. The van der Waals surface area contributed by atoms with Crippen molar-refractivity contribution in [1.29, 1.82) is 0 Å². The minimum atomic E-state index is -0.389. The van der Waals surface area contributed by atoms with E-state index < -0.39 is 0 Å². The van der Waals surface area contributed by atoms with Crippen molar-refractivity contribution >= 4 is 12.3 Å². The molecule has 0 saturated carbocycles. The molecule has 0 aromatic rings. The van der Waals surface area contributed by atoms with Crippen molar-refractivity contribution in [3.05, 3.63) is 12.7 Å². The number of rotatable bonds is 2. The first-order valence-corrected chi connectivity index (χ1v) is 2.07. The molecule has 44 valence electrons. The fourth-order valence-corrected chi connectivity index (χ4v) is 0.196. The molecule has 0 heterocycles. The number of carbonyl (C=O) groups is 2. The molecule has 3 heteroatoms. The van der Waals surface area contributed by atoms with Gasteiger partial charge >= 0.3 is 0 Å². The summed E-state index contributed by atoms with van der Waals surface area (Å²) in [5.74, 6) is -0.389. The van der Waals surface area contributed by atoms with Gasteiger partial charge in [0, 0.05) is 7.05 Å². The number of likely N-dealkylation sites (N-methyl/N-ethyl adjacent to an activating group) is 1. The first-order valence-electron chi connectivity index (χ1n) is 2.07. The molecule has 0 atom stereocenters. The van der Waals surface area contributed by atoms with E-state index in [0.29, 0.717) is 6.41 Å². The van der Waals surface area contributed by atoms with Gasteiger partial charge in [-0.2, -0.15) is 0 Å². The maximum absolute atomic E-state index is 10.3. The molecular weight excluding hydrogens is 106 g/mol. The Labute approximate surface area is 47.6 Å². The Morgan fingerprint density at radius 1 is 1.75 bits per heavy atom. The van der Waals surface area contributed by atoms with Gasteiger partial charge in [0.1, 0.15) is 0 Å². The molecule has 0 aromatic carbocycles. The van der Waals surface area contributed by atoms with Crippen LogP contribution in [0, 0.1) is 0 Å². The molecule has 0 aliphatic rings. The normalized spacial score (nSPS) is 7.62. The lowest BCUT2D eigenvalue weighted by molar-refractivity contribution is -0.132. The molecule has 0 rings (SSSR count). The SMILES string of the molecule is C=CC(=O)N(C)C=O. The van der Waals surface area contributed by atoms with Crippen LogP contribution in [0.3, 0.4) is 0 Å². The molecule has 0 aliphatic carbocycles. The molecule has 2 amide bonds. The molecule has 3 nitrogen and oxygen atoms in total. The van der Waals surface area contributed by atoms with Crippen LogP contribution in [0.15, 0.2) is 12.7 Å². The zero-order chi connectivity index (χ0) is 6.57. The summed E-state index contributed by atoms with van der Waals surface area (Å²) in [6, 6.07) is 0. The third-order valence-corrected chi connectivity index (χ3v) is 0.680. The number of hydrogen-bond acceptors (Lipinski definition) is 2. The van der Waals surface area contributed by atoms with Crippen molar-refractivity contribution in [2.45, 2.75) is 0 Å². The van der Waals surface area contributed by atoms with E-state index >= 15 is 0 Å². The molecule has 0 aromatic heterocycles. The van der Waals surface area contributed by atoms with Crippen molar-refractivity contribution in [2.24, 2.45) is 0 Å². The Morgan fingerprint density at radius 3 is 2.38 bits per heavy atom. The Hall–Kier alpha value is -1.12. The van der Waals surface area contributed by atoms with Crippen molar-refractivity contribution in [3.8, 4) is 0 Å². The van der Waals surface area contributed by atoms with Crippen LogP contribution in [0.5, 0.6) is 0 Å². The average molecular weight is 113 g/mol. The lowest BCUT2D eigenvalue weighted by atomic mass is 10.5. The second-order valence-corrected chi connectivity index (χ2v) is 1.26. The largest absolute Gasteiger partial charge is 0.285 e. The first-order chi connectivity index (χ1) is 3.72. The van der Waals surface area contributed by atoms with Gasteiger partial charge in [-0.1, -0.05) is 6.58 Å². The summed E-state index contributed by atoms with van der Waals surface area (Å²) in [4.78, 5) is 21.0. The third kappa shape index (κ3) is 1.55. The zero-order valence-corrected chi connectivity index (χ0v) is 4.63. The van der Waals surface area contributed by atoms with Gasteiger partial charge in [0.05, 0.1) is 0 Å². The quantitative estimate of drug-likeness (QED) is 0.367. The summed E-state index contributed by atoms with van der Waals surface area (Å²) in [6.45, 7) is 3.18. The number of amides is 2. The Kier molecular flexibility index (Phi) is 2.54. The second kappa shape index (κ2) is 2.96. The Morgan fingerprint density at radius 2 is 2.25 bits per heavy atom. The fraction of sp³-hybridized carbons (Fsp3) is 0.200. The Bertz CT molecular complexity index is 120. The van der Waals surface area contributed by atoms with Crippen LogP contribution in [-0.2, 0) is 9.59 Å². The van der Waals surface area contributed by atoms with Crippen LogP contribution in [0.1, 0.15) is 0 Å². The predicted molar refractivity (Wildman–Crippen MR) is 29.0 cm³/mol. The van der Waals surface area contributed by atoms with E-state index in [9.17, 15) is 9.59 Å². The van der Waals surface area contributed by atoms with E-state index in [1.807, 2.05) is 0 Å². The van der Waals surface area contributed by atoms with E-state index in [-0.39, 0.29) is 5.91 Å². The van der Waals surface area contributed by atoms with Crippen LogP contribution in [-0.4, -0.2) is 24.3 Å². The Balaban J connectivity index is 3.80. The summed E-state index contributed by atoms with van der Waals surface area (Å²) >= 11 is 0. The van der Waals surface area contributed by atoms with Gasteiger partial charge in [0.15, 0.2) is 0 Å². The molecule has 0 fully saturated rings. The summed E-state index contributed by atoms with van der Waals surface area (Å²) in [5, 5.41) is 0. The summed E-state index contributed by atoms with van der Waals surface area (Å²) in [5.41, 5.74) is 0. The summed E-state index contributed by atoms with van der Waals surface area (Å²) < 4.78 is 0. The fourth-order valence-electron chi connectivity index (χ4n) is 0.196. The molecule has 0 aliphatic heterocycles. The number of nitrogens with zero attached hydrogens (tertiary/aromatic N) is 1. The van der Waals surface area contributed by atoms with Gasteiger partial charge in [-0.15, -0.1) is 0 Å². The van der Waals surface area contributed by atoms with Gasteiger partial charge in [0.2, 0.25) is 6.41 Å². The smallest absolute Gasteiger partial charge is 0.252 e. The van der Waals surface area contributed by atoms with Gasteiger partial charge < -0.3 is 0 Å². The second-order valence-electron chi connectivity index (χ2n) is 1.26. The minimum Gasteiger partial charge on any atom is -0.285 e. The molecule has 0 spiro atoms. The molecular formula is C5H7NO2. The molecule has 0 bridgehead atoms. The number of hydrogen-bond donors (Lipinski definition) is 0. The van der Waals surface area contributed by atoms with Crippen molar-refractivity contribution in [2.75, 3.05) is 7.05 Å². The maximum Gasteiger partial charge on any atom is 0.252 e. The van der Waals surface area contributed by atoms with Gasteiger partial charge in [-0.05, 0) is 6.08 Å². The first kappa shape index (κ1) is 6.88. The topological polar surface area (TPSA) is 37.4 Å². The number of imide groups is 1.